The molecule has 0 atom stereocenters. The van der Waals surface area contributed by atoms with Crippen LogP contribution < -0.4 is 15.0 Å². The van der Waals surface area contributed by atoms with Crippen LogP contribution in [0.4, 0.5) is 5.82 Å². The number of aromatic nitrogens is 1. The zero-order chi connectivity index (χ0) is 16.8. The Morgan fingerprint density at radius 3 is 2.57 bits per heavy atom. The predicted octanol–water partition coefficient (Wildman–Crippen LogP) is 2.09. The average molecular weight is 312 g/mol. The summed E-state index contributed by atoms with van der Waals surface area (Å²) in [6.07, 6.45) is 0. The third kappa shape index (κ3) is 3.77. The number of ether oxygens (including phenoxy) is 2. The number of aromatic amines is 1. The van der Waals surface area contributed by atoms with Gasteiger partial charge in [-0.1, -0.05) is 12.1 Å². The van der Waals surface area contributed by atoms with Crippen molar-refractivity contribution in [3.63, 3.8) is 0 Å². The molecule has 0 aliphatic carbocycles. The average Bonchev–Trinajstić information content (AvgIpc) is 2.59. The number of H-pyrrole nitrogens is 1. The maximum absolute atomic E-state index is 11.7. The maximum atomic E-state index is 11.7. The molecule has 0 radical (unpaired) electrons. The number of anilines is 1. The first-order valence-corrected chi connectivity index (χ1v) is 7.01. The summed E-state index contributed by atoms with van der Waals surface area (Å²) in [6.45, 7) is 2.29. The Morgan fingerprint density at radius 1 is 1.30 bits per heavy atom. The Kier molecular flexibility index (Phi) is 5.15. The van der Waals surface area contributed by atoms with Gasteiger partial charge in [0.25, 0.3) is 5.82 Å². The van der Waals surface area contributed by atoms with Gasteiger partial charge in [0, 0.05) is 0 Å². The van der Waals surface area contributed by atoms with Crippen LogP contribution in [0.15, 0.2) is 30.3 Å². The quantitative estimate of drug-likeness (QED) is 0.854. The van der Waals surface area contributed by atoms with Gasteiger partial charge >= 0.3 is 5.97 Å². The lowest BCUT2D eigenvalue weighted by molar-refractivity contribution is -0.371. The molecular formula is C17H18N3O3+. The van der Waals surface area contributed by atoms with Gasteiger partial charge in [0.05, 0.1) is 14.2 Å². The van der Waals surface area contributed by atoms with Crippen molar-refractivity contribution in [2.24, 2.45) is 0 Å². The van der Waals surface area contributed by atoms with Crippen molar-refractivity contribution in [2.45, 2.75) is 13.5 Å². The van der Waals surface area contributed by atoms with Crippen LogP contribution in [0.1, 0.15) is 27.2 Å². The molecule has 6 heteroatoms. The molecule has 1 aromatic carbocycles. The number of benzene rings is 1. The molecule has 1 aromatic heterocycles. The maximum Gasteiger partial charge on any atom is 0.341 e. The van der Waals surface area contributed by atoms with E-state index in [9.17, 15) is 10.1 Å². The molecule has 23 heavy (non-hydrogen) atoms. The van der Waals surface area contributed by atoms with Crippen molar-refractivity contribution < 1.29 is 19.3 Å². The summed E-state index contributed by atoms with van der Waals surface area (Å²) in [5.41, 5.74) is 2.37. The number of hydrogen-bond acceptors (Lipinski definition) is 5. The molecule has 0 unspecified atom stereocenters. The minimum atomic E-state index is -0.475. The van der Waals surface area contributed by atoms with Gasteiger partial charge in [0.2, 0.25) is 0 Å². The van der Waals surface area contributed by atoms with Gasteiger partial charge in [-0.3, -0.25) is 5.32 Å². The van der Waals surface area contributed by atoms with Crippen LogP contribution in [0.2, 0.25) is 0 Å². The van der Waals surface area contributed by atoms with Gasteiger partial charge in [0.15, 0.2) is 0 Å². The van der Waals surface area contributed by atoms with E-state index in [1.165, 1.54) is 13.2 Å². The summed E-state index contributed by atoms with van der Waals surface area (Å²) in [4.78, 5) is 14.7. The molecule has 0 spiro atoms. The monoisotopic (exact) mass is 312 g/mol. The topological polar surface area (TPSA) is 85.5 Å². The molecule has 2 aromatic rings. The molecule has 1 heterocycles. The van der Waals surface area contributed by atoms with Gasteiger partial charge in [-0.15, -0.1) is 0 Å². The Balaban J connectivity index is 2.20. The van der Waals surface area contributed by atoms with E-state index in [1.807, 2.05) is 24.3 Å². The minimum Gasteiger partial charge on any atom is -0.497 e. The SMILES string of the molecule is COC(=O)c1cc(C#N)c(NCc2ccc(OC)cc2)[nH+]c1C. The van der Waals surface area contributed by atoms with Crippen molar-refractivity contribution in [1.82, 2.24) is 0 Å². The Labute approximate surface area is 134 Å². The molecular weight excluding hydrogens is 294 g/mol. The van der Waals surface area contributed by atoms with Crippen LogP contribution >= 0.6 is 0 Å². The lowest BCUT2D eigenvalue weighted by Gasteiger charge is -2.06. The zero-order valence-corrected chi connectivity index (χ0v) is 13.3. The predicted molar refractivity (Wildman–Crippen MR) is 84.1 cm³/mol. The van der Waals surface area contributed by atoms with E-state index in [4.69, 9.17) is 9.47 Å². The second kappa shape index (κ2) is 7.27. The number of pyridine rings is 1. The van der Waals surface area contributed by atoms with E-state index in [0.29, 0.717) is 29.2 Å². The molecule has 2 N–H and O–H groups in total. The number of methoxy groups -OCH3 is 2. The second-order valence-electron chi connectivity index (χ2n) is 4.90. The van der Waals surface area contributed by atoms with Crippen LogP contribution in [0, 0.1) is 18.3 Å². The van der Waals surface area contributed by atoms with E-state index < -0.39 is 5.97 Å². The van der Waals surface area contributed by atoms with E-state index in [2.05, 4.69) is 16.4 Å². The normalized spacial score (nSPS) is 9.83. The first-order valence-electron chi connectivity index (χ1n) is 7.01. The summed E-state index contributed by atoms with van der Waals surface area (Å²) >= 11 is 0. The van der Waals surface area contributed by atoms with Gasteiger partial charge in [-0.25, -0.2) is 9.78 Å². The smallest absolute Gasteiger partial charge is 0.341 e. The van der Waals surface area contributed by atoms with Crippen molar-refractivity contribution >= 4 is 11.8 Å². The van der Waals surface area contributed by atoms with Crippen LogP contribution in [0.5, 0.6) is 5.75 Å². The van der Waals surface area contributed by atoms with E-state index >= 15 is 0 Å². The highest BCUT2D eigenvalue weighted by Crippen LogP contribution is 2.16. The molecule has 0 bridgehead atoms. The van der Waals surface area contributed by atoms with Crippen LogP contribution in [0.3, 0.4) is 0 Å². The van der Waals surface area contributed by atoms with Crippen molar-refractivity contribution in [1.29, 1.82) is 5.26 Å². The number of carbonyl (C=O) groups is 1. The molecule has 118 valence electrons. The highest BCUT2D eigenvalue weighted by molar-refractivity contribution is 5.90. The fourth-order valence-corrected chi connectivity index (χ4v) is 2.13. The summed E-state index contributed by atoms with van der Waals surface area (Å²) in [6, 6.07) is 11.2. The van der Waals surface area contributed by atoms with Gasteiger partial charge in [0.1, 0.15) is 35.2 Å². The summed E-state index contributed by atoms with van der Waals surface area (Å²) in [7, 11) is 2.93. The van der Waals surface area contributed by atoms with Crippen LogP contribution in [-0.2, 0) is 11.3 Å². The number of nitriles is 1. The number of rotatable bonds is 5. The summed E-state index contributed by atoms with van der Waals surface area (Å²) < 4.78 is 9.82. The lowest BCUT2D eigenvalue weighted by atomic mass is 10.1. The number of carbonyl (C=O) groups excluding carboxylic acids is 1. The Bertz CT molecular complexity index is 749. The molecule has 6 nitrogen and oxygen atoms in total. The molecule has 2 rings (SSSR count). The highest BCUT2D eigenvalue weighted by Gasteiger charge is 2.19. The highest BCUT2D eigenvalue weighted by atomic mass is 16.5. The number of nitrogens with zero attached hydrogens (tertiary/aromatic N) is 1. The first kappa shape index (κ1) is 16.3. The summed E-state index contributed by atoms with van der Waals surface area (Å²) in [5, 5.41) is 12.4. The molecule has 0 amide bonds. The van der Waals surface area contributed by atoms with Gasteiger partial charge in [-0.2, -0.15) is 5.26 Å². The van der Waals surface area contributed by atoms with Crippen molar-refractivity contribution in [3.8, 4) is 11.8 Å². The van der Waals surface area contributed by atoms with Gasteiger partial charge in [-0.05, 0) is 30.7 Å². The lowest BCUT2D eigenvalue weighted by Crippen LogP contribution is -2.22. The van der Waals surface area contributed by atoms with Gasteiger partial charge < -0.3 is 9.47 Å². The van der Waals surface area contributed by atoms with Crippen molar-refractivity contribution in [2.75, 3.05) is 19.5 Å². The molecule has 0 fully saturated rings. The molecule has 0 saturated heterocycles. The van der Waals surface area contributed by atoms with Crippen LogP contribution in [0.25, 0.3) is 0 Å². The number of hydrogen-bond donors (Lipinski definition) is 1. The van der Waals surface area contributed by atoms with E-state index in [-0.39, 0.29) is 0 Å². The fraction of sp³-hybridized carbons (Fsp3) is 0.235. The zero-order valence-electron chi connectivity index (χ0n) is 13.3. The largest absolute Gasteiger partial charge is 0.497 e. The third-order valence-electron chi connectivity index (χ3n) is 3.43. The number of esters is 1. The fourth-order valence-electron chi connectivity index (χ4n) is 2.13. The Morgan fingerprint density at radius 2 is 2.00 bits per heavy atom. The first-order chi connectivity index (χ1) is 11.1. The number of nitrogens with one attached hydrogen (secondary N) is 2. The second-order valence-corrected chi connectivity index (χ2v) is 4.90. The summed E-state index contributed by atoms with van der Waals surface area (Å²) in [5.74, 6) is 0.877. The van der Waals surface area contributed by atoms with E-state index in [1.54, 1.807) is 14.0 Å². The molecule has 0 aliphatic rings. The molecule has 0 aliphatic heterocycles. The van der Waals surface area contributed by atoms with Crippen LogP contribution in [-0.4, -0.2) is 20.2 Å². The third-order valence-corrected chi connectivity index (χ3v) is 3.43. The molecule has 0 saturated carbocycles. The minimum absolute atomic E-state index is 0.346. The van der Waals surface area contributed by atoms with E-state index in [0.717, 1.165) is 11.3 Å². The standard InChI is InChI=1S/C17H17N3O3/c1-11-15(17(21)23-3)8-13(9-18)16(20-11)19-10-12-4-6-14(22-2)7-5-12/h4-8H,10H2,1-3H3,(H,19,20)/p+1. The van der Waals surface area contributed by atoms with Crippen molar-refractivity contribution in [3.05, 3.63) is 52.7 Å². The number of aryl methyl sites for hydroxylation is 1. The Hall–Kier alpha value is -3.07.